The van der Waals surface area contributed by atoms with Crippen molar-refractivity contribution in [1.29, 1.82) is 0 Å². The van der Waals surface area contributed by atoms with E-state index in [2.05, 4.69) is 9.36 Å². The van der Waals surface area contributed by atoms with Crippen molar-refractivity contribution in [3.05, 3.63) is 40.4 Å². The smallest absolute Gasteiger partial charge is 0.204 e. The minimum absolute atomic E-state index is 0.0576. The highest BCUT2D eigenvalue weighted by Crippen LogP contribution is 2.22. The van der Waals surface area contributed by atoms with Crippen LogP contribution in [-0.4, -0.2) is 27.7 Å². The normalized spacial score (nSPS) is 12.4. The summed E-state index contributed by atoms with van der Waals surface area (Å²) in [5, 5.41) is 1.04. The van der Waals surface area contributed by atoms with E-state index in [4.69, 9.17) is 11.6 Å². The topological polar surface area (TPSA) is 46.1 Å². The predicted molar refractivity (Wildman–Crippen MR) is 81.2 cm³/mol. The molecule has 4 nitrogen and oxygen atoms in total. The number of nitrogens with zero attached hydrogens (tertiary/aromatic N) is 3. The molecule has 1 atom stereocenters. The Labute approximate surface area is 128 Å². The summed E-state index contributed by atoms with van der Waals surface area (Å²) in [5.41, 5.74) is 0.274. The summed E-state index contributed by atoms with van der Waals surface area (Å²) in [6.07, 6.45) is 0. The number of aromatic nitrogens is 2. The molecule has 1 aromatic heterocycles. The molecule has 20 heavy (non-hydrogen) atoms. The third kappa shape index (κ3) is 3.74. The van der Waals surface area contributed by atoms with Crippen LogP contribution < -0.4 is 4.90 Å². The Hall–Kier alpha value is -1.05. The van der Waals surface area contributed by atoms with Crippen molar-refractivity contribution >= 4 is 39.1 Å². The summed E-state index contributed by atoms with van der Waals surface area (Å²) < 4.78 is 29.8. The van der Waals surface area contributed by atoms with Gasteiger partial charge in [0.2, 0.25) is 5.13 Å². The summed E-state index contributed by atoms with van der Waals surface area (Å²) >= 11 is 7.15. The fourth-order valence-corrected chi connectivity index (χ4v) is 3.64. The number of hydrogen-bond donors (Lipinski definition) is 0. The lowest BCUT2D eigenvalue weighted by Gasteiger charge is -2.05. The van der Waals surface area contributed by atoms with Crippen LogP contribution in [0.2, 0.25) is 5.02 Å². The fraction of sp³-hybridized carbons (Fsp3) is 0.333. The van der Waals surface area contributed by atoms with Gasteiger partial charge in [-0.2, -0.15) is 4.37 Å². The molecule has 0 N–H and O–H groups in total. The van der Waals surface area contributed by atoms with Crippen molar-refractivity contribution in [2.75, 3.05) is 19.0 Å². The zero-order chi connectivity index (χ0) is 14.7. The lowest BCUT2D eigenvalue weighted by Crippen LogP contribution is -2.08. The Morgan fingerprint density at radius 2 is 2.15 bits per heavy atom. The number of anilines is 1. The maximum Gasteiger partial charge on any atom is 0.204 e. The Bertz CT molecular complexity index is 613. The summed E-state index contributed by atoms with van der Waals surface area (Å²) in [6, 6.07) is 4.42. The van der Waals surface area contributed by atoms with Crippen molar-refractivity contribution in [3.8, 4) is 0 Å². The summed E-state index contributed by atoms with van der Waals surface area (Å²) in [7, 11) is 2.42. The van der Waals surface area contributed by atoms with Gasteiger partial charge in [0.1, 0.15) is 5.82 Å². The molecule has 2 rings (SSSR count). The molecule has 1 heterocycles. The van der Waals surface area contributed by atoms with E-state index in [1.54, 1.807) is 6.07 Å². The fourth-order valence-electron chi connectivity index (χ4n) is 1.51. The molecule has 0 unspecified atom stereocenters. The average molecular weight is 334 g/mol. The van der Waals surface area contributed by atoms with Crippen LogP contribution in [0.3, 0.4) is 0 Å². The third-order valence-corrected chi connectivity index (χ3v) is 4.96. The predicted octanol–water partition coefficient (Wildman–Crippen LogP) is 2.85. The van der Waals surface area contributed by atoms with E-state index >= 15 is 0 Å². The van der Waals surface area contributed by atoms with Crippen LogP contribution in [0.5, 0.6) is 0 Å². The van der Waals surface area contributed by atoms with Gasteiger partial charge in [-0.25, -0.2) is 9.37 Å². The van der Waals surface area contributed by atoms with E-state index < -0.39 is 16.6 Å². The van der Waals surface area contributed by atoms with E-state index in [0.29, 0.717) is 10.8 Å². The molecule has 0 fully saturated rings. The van der Waals surface area contributed by atoms with Gasteiger partial charge < -0.3 is 4.90 Å². The van der Waals surface area contributed by atoms with E-state index in [-0.39, 0.29) is 17.1 Å². The number of benzene rings is 1. The zero-order valence-electron chi connectivity index (χ0n) is 11.0. The Kier molecular flexibility index (Phi) is 5.06. The van der Waals surface area contributed by atoms with Gasteiger partial charge >= 0.3 is 0 Å². The quantitative estimate of drug-likeness (QED) is 0.844. The molecule has 0 aliphatic carbocycles. The lowest BCUT2D eigenvalue weighted by molar-refractivity contribution is 0.615. The third-order valence-electron chi connectivity index (χ3n) is 2.50. The highest BCUT2D eigenvalue weighted by Gasteiger charge is 2.14. The molecule has 0 aliphatic rings. The van der Waals surface area contributed by atoms with Gasteiger partial charge in [-0.15, -0.1) is 0 Å². The number of hydrogen-bond acceptors (Lipinski definition) is 5. The highest BCUT2D eigenvalue weighted by atomic mass is 35.5. The van der Waals surface area contributed by atoms with Crippen LogP contribution in [0.4, 0.5) is 9.52 Å². The van der Waals surface area contributed by atoms with Crippen LogP contribution in [-0.2, 0) is 22.3 Å². The second kappa shape index (κ2) is 6.60. The van der Waals surface area contributed by atoms with Crippen LogP contribution in [0.1, 0.15) is 11.4 Å². The molecule has 1 aromatic carbocycles. The van der Waals surface area contributed by atoms with Crippen LogP contribution in [0.25, 0.3) is 0 Å². The Morgan fingerprint density at radius 3 is 2.75 bits per heavy atom. The molecule has 0 bridgehead atoms. The molecule has 108 valence electrons. The van der Waals surface area contributed by atoms with Gasteiger partial charge in [-0.1, -0.05) is 17.7 Å². The maximum atomic E-state index is 13.6. The summed E-state index contributed by atoms with van der Waals surface area (Å²) in [5.74, 6) is 0.312. The van der Waals surface area contributed by atoms with Crippen molar-refractivity contribution in [2.45, 2.75) is 11.5 Å². The molecule has 8 heteroatoms. The second-order valence-electron chi connectivity index (χ2n) is 4.32. The molecule has 2 aromatic rings. The first-order chi connectivity index (χ1) is 9.47. The molecule has 0 saturated heterocycles. The summed E-state index contributed by atoms with van der Waals surface area (Å²) in [4.78, 5) is 6.08. The minimum Gasteiger partial charge on any atom is -0.353 e. The second-order valence-corrected chi connectivity index (χ2v) is 6.91. The highest BCUT2D eigenvalue weighted by molar-refractivity contribution is 7.83. The van der Waals surface area contributed by atoms with Crippen molar-refractivity contribution < 1.29 is 8.60 Å². The van der Waals surface area contributed by atoms with Gasteiger partial charge in [0.25, 0.3) is 0 Å². The number of rotatable bonds is 5. The maximum absolute atomic E-state index is 13.6. The average Bonchev–Trinajstić information content (AvgIpc) is 2.82. The summed E-state index contributed by atoms with van der Waals surface area (Å²) in [6.45, 7) is 0. The van der Waals surface area contributed by atoms with E-state index in [9.17, 15) is 8.60 Å². The molecular weight excluding hydrogens is 321 g/mol. The molecule has 0 aliphatic heterocycles. The minimum atomic E-state index is -1.30. The Balaban J connectivity index is 2.05. The zero-order valence-corrected chi connectivity index (χ0v) is 13.4. The first-order valence-electron chi connectivity index (χ1n) is 5.75. The molecule has 0 saturated carbocycles. The Morgan fingerprint density at radius 1 is 1.40 bits per heavy atom. The molecular formula is C12H13ClFN3OS2. The van der Waals surface area contributed by atoms with Crippen molar-refractivity contribution in [3.63, 3.8) is 0 Å². The van der Waals surface area contributed by atoms with Crippen LogP contribution in [0.15, 0.2) is 18.2 Å². The van der Waals surface area contributed by atoms with Gasteiger partial charge in [0.05, 0.1) is 11.5 Å². The lowest BCUT2D eigenvalue weighted by atomic mass is 10.2. The van der Waals surface area contributed by atoms with Crippen LogP contribution >= 0.6 is 23.1 Å². The van der Waals surface area contributed by atoms with Crippen LogP contribution in [0, 0.1) is 5.82 Å². The largest absolute Gasteiger partial charge is 0.353 e. The van der Waals surface area contributed by atoms with Gasteiger partial charge in [-0.3, -0.25) is 4.21 Å². The van der Waals surface area contributed by atoms with Gasteiger partial charge in [-0.05, 0) is 12.1 Å². The van der Waals surface area contributed by atoms with E-state index in [1.807, 2.05) is 19.0 Å². The standard InChI is InChI=1S/C12H13ClFN3OS2/c1-17(2)12-15-11(16-19-12)7-20(18)6-8-9(13)4-3-5-10(8)14/h3-5H,6-7H2,1-2H3/t20-/m1/s1. The molecule has 0 amide bonds. The van der Waals surface area contributed by atoms with Gasteiger partial charge in [0, 0.05) is 47.0 Å². The van der Waals surface area contributed by atoms with E-state index in [1.165, 1.54) is 23.7 Å². The first kappa shape index (κ1) is 15.3. The first-order valence-corrected chi connectivity index (χ1v) is 8.39. The van der Waals surface area contributed by atoms with E-state index in [0.717, 1.165) is 5.13 Å². The molecule has 0 radical (unpaired) electrons. The van der Waals surface area contributed by atoms with Crippen molar-refractivity contribution in [1.82, 2.24) is 9.36 Å². The van der Waals surface area contributed by atoms with Gasteiger partial charge in [0.15, 0.2) is 5.82 Å². The number of halogens is 2. The monoisotopic (exact) mass is 333 g/mol. The SMILES string of the molecule is CN(C)c1nc(C[S@](=O)Cc2c(F)cccc2Cl)ns1. The molecule has 0 spiro atoms. The van der Waals surface area contributed by atoms with Crippen molar-refractivity contribution in [2.24, 2.45) is 0 Å².